The zero-order valence-corrected chi connectivity index (χ0v) is 67.6. The van der Waals surface area contributed by atoms with Crippen LogP contribution in [0.1, 0.15) is 109 Å². The number of nitrogens with two attached hydrogens (primary N) is 7. The van der Waals surface area contributed by atoms with Crippen LogP contribution in [0.25, 0.3) is 0 Å². The van der Waals surface area contributed by atoms with E-state index in [9.17, 15) is 97.8 Å². The number of carbonyl (C=O) groups is 14. The smallest absolute Gasteiger partial charge is 0.326 e. The van der Waals surface area contributed by atoms with Gasteiger partial charge in [0.2, 0.25) is 76.8 Å². The number of thiol groups is 2. The molecule has 3 aromatic rings. The first kappa shape index (κ1) is 101. The fraction of sp³-hybridized carbons (Fsp3) is 0.534. The lowest BCUT2D eigenvalue weighted by Gasteiger charge is -2.33. The summed E-state index contributed by atoms with van der Waals surface area (Å²) in [5, 5.41) is 111. The molecule has 654 valence electrons. The minimum Gasteiger partial charge on any atom is -0.508 e. The van der Waals surface area contributed by atoms with Crippen LogP contribution in [0.2, 0.25) is 0 Å². The number of aliphatic hydroxyl groups is 2. The molecule has 36 N–H and O–H groups in total. The zero-order valence-electron chi connectivity index (χ0n) is 65.9. The summed E-state index contributed by atoms with van der Waals surface area (Å²) in [7, 11) is 0. The molecule has 0 bridgehead atoms. The van der Waals surface area contributed by atoms with Gasteiger partial charge in [0.15, 0.2) is 11.9 Å². The molecule has 0 fully saturated rings. The summed E-state index contributed by atoms with van der Waals surface area (Å²) in [5.74, 6) is -17.1. The van der Waals surface area contributed by atoms with Crippen molar-refractivity contribution in [1.29, 1.82) is 10.8 Å². The van der Waals surface area contributed by atoms with Gasteiger partial charge in [-0.2, -0.15) is 25.3 Å². The largest absolute Gasteiger partial charge is 0.508 e. The molecule has 0 saturated heterocycles. The molecule has 0 heterocycles. The van der Waals surface area contributed by atoms with E-state index in [1.807, 2.05) is 0 Å². The number of benzene rings is 3. The molecule has 0 aliphatic rings. The third-order valence-corrected chi connectivity index (χ3v) is 18.6. The Bertz CT molecular complexity index is 3880. The Morgan fingerprint density at radius 2 is 0.712 bits per heavy atom. The molecule has 45 heteroatoms. The Balaban J connectivity index is 1.92. The van der Waals surface area contributed by atoms with Crippen molar-refractivity contribution < 1.29 is 97.8 Å². The Labute approximate surface area is 691 Å². The molecule has 0 aromatic heterocycles. The molecule has 0 radical (unpaired) electrons. The molecule has 118 heavy (non-hydrogen) atoms. The quantitative estimate of drug-likeness (QED) is 0.0108. The van der Waals surface area contributed by atoms with Crippen molar-refractivity contribution in [1.82, 2.24) is 74.4 Å². The predicted molar refractivity (Wildman–Crippen MR) is 437 cm³/mol. The van der Waals surface area contributed by atoms with Gasteiger partial charge in [-0.15, -0.1) is 0 Å². The maximum absolute atomic E-state index is 14.5. The van der Waals surface area contributed by atoms with E-state index < -0.39 is 202 Å². The minimum absolute atomic E-state index is 0.0300. The number of primary amides is 1. The number of hydrogen-bond acceptors (Lipinski definition) is 27. The van der Waals surface area contributed by atoms with Crippen LogP contribution in [0.3, 0.4) is 0 Å². The molecule has 3 aromatic carbocycles. The average Bonchev–Trinajstić information content (AvgIpc) is 0.834. The third-order valence-electron chi connectivity index (χ3n) is 18.0. The molecule has 0 spiro atoms. The van der Waals surface area contributed by atoms with Crippen LogP contribution in [0.5, 0.6) is 17.2 Å². The number of aliphatic hydroxyl groups excluding tert-OH is 2. The van der Waals surface area contributed by atoms with Crippen LogP contribution in [0, 0.1) is 10.8 Å². The number of aliphatic carboxylic acids is 1. The van der Waals surface area contributed by atoms with Gasteiger partial charge in [0, 0.05) is 42.9 Å². The van der Waals surface area contributed by atoms with E-state index in [4.69, 9.17) is 51.0 Å². The van der Waals surface area contributed by atoms with Gasteiger partial charge in [-0.3, -0.25) is 73.1 Å². The van der Waals surface area contributed by atoms with E-state index in [-0.39, 0.29) is 121 Å². The topological polar surface area (TPSA) is 759 Å². The van der Waals surface area contributed by atoms with Gasteiger partial charge in [0.1, 0.15) is 95.8 Å². The number of unbranched alkanes of at least 4 members (excludes halogenated alkanes) is 1. The van der Waals surface area contributed by atoms with Crippen LogP contribution in [0.4, 0.5) is 0 Å². The van der Waals surface area contributed by atoms with E-state index in [1.165, 1.54) is 93.6 Å². The summed E-state index contributed by atoms with van der Waals surface area (Å²) in [6.45, 7) is 4.57. The number of phenols is 3. The monoisotopic (exact) mass is 1700 g/mol. The van der Waals surface area contributed by atoms with Crippen molar-refractivity contribution in [2.45, 2.75) is 207 Å². The first-order chi connectivity index (χ1) is 55.5. The normalized spacial score (nSPS) is 15.0. The van der Waals surface area contributed by atoms with Gasteiger partial charge in [0.25, 0.3) is 0 Å². The zero-order chi connectivity index (χ0) is 88.7. The van der Waals surface area contributed by atoms with Crippen LogP contribution in [-0.4, -0.2) is 259 Å². The number of carboxylic acid groups (broad SMARTS) is 1. The van der Waals surface area contributed by atoms with Gasteiger partial charge in [-0.1, -0.05) is 36.4 Å². The summed E-state index contributed by atoms with van der Waals surface area (Å²) < 4.78 is -1.51. The van der Waals surface area contributed by atoms with E-state index in [0.29, 0.717) is 23.1 Å². The van der Waals surface area contributed by atoms with Crippen LogP contribution in [-0.2, 0) is 86.4 Å². The number of nitrogens with one attached hydrogen (secondary N) is 16. The number of phenolic OH excluding ortho intramolecular Hbond substituents is 3. The number of aromatic hydroxyl groups is 3. The predicted octanol–water partition coefficient (Wildman–Crippen LogP) is -8.31. The van der Waals surface area contributed by atoms with Gasteiger partial charge in [0.05, 0.1) is 18.6 Å². The van der Waals surface area contributed by atoms with E-state index in [0.717, 1.165) is 6.92 Å². The number of amides is 13. The molecular weight excluding hydrogens is 1580 g/mol. The van der Waals surface area contributed by atoms with Gasteiger partial charge in [-0.25, -0.2) is 4.79 Å². The SMILES string of the molecule is C[C@H](O)[C@H](N)C(=O)N[C@@H](Cc1ccc(O)cc1)C(=O)N[C@H](C(=O)N[C@@H](CC(N)=O)C(=O)N[C@@H](CCCNC(=N)N)C(=O)N[C@@H](CCN)C(=O)N[C@H](C(=O)N[C@H](CCN)C(=O)N[C@@H](CCCCN)C(=O)N[C@@H](CS)C(=O)N[C@@H](Cc1ccc(O)cc1)C(=O)N[C@@H](CCCNC(=N)N)C(=O)N[C@@H](Cc1ccc(O)cc1)C(=O)O)[C@@H](C)O)C(C)(C)S. The standard InChI is InChI=1S/C73H115N23O20S2/c1-36(97)55(78)67(112)91-50(32-39-14-20-42(100)21-15-39)65(110)96-57(73(3,4)118)69(114)92-51(34-54(77)102)64(109)87-45(10-7-29-83-71(79)80)58(103)88-48(25-28-76)62(107)95-56(37(2)98)68(113)89-47(24-27-75)61(106)85-44(9-5-6-26-74)60(105)94-53(35-117)66(111)90-49(31-38-12-18-41(99)19-13-38)63(108)86-46(11-8-30-84-72(81)82)59(104)93-52(70(115)116)33-40-16-22-43(101)23-17-40/h12-23,36-37,44-53,55-57,97-101,117-118H,5-11,24-35,74-76,78H2,1-4H3,(H2,77,102)(H,85,106)(H,86,108)(H,87,109)(H,88,103)(H,89,113)(H,90,111)(H,91,112)(H,92,114)(H,93,104)(H,94,105)(H,95,107)(H,96,110)(H,115,116)(H4,79,80,83)(H4,81,82,84)/t36-,37+,44-,45-,46-,47+,48-,49-,50-,51-,52-,53-,55-,56-,57+/m0/s1. The van der Waals surface area contributed by atoms with Crippen LogP contribution in [0.15, 0.2) is 72.8 Å². The molecule has 0 unspecified atom stereocenters. The molecule has 3 rings (SSSR count). The molecular formula is C73H115N23O20S2. The number of guanidine groups is 2. The molecule has 43 nitrogen and oxygen atoms in total. The highest BCUT2D eigenvalue weighted by Gasteiger charge is 2.41. The fourth-order valence-corrected chi connectivity index (χ4v) is 11.9. The van der Waals surface area contributed by atoms with E-state index >= 15 is 0 Å². The molecule has 13 amide bonds. The Morgan fingerprint density at radius 3 is 1.07 bits per heavy atom. The van der Waals surface area contributed by atoms with Crippen LogP contribution < -0.4 is 115 Å². The lowest BCUT2D eigenvalue weighted by atomic mass is 9.99. The minimum atomic E-state index is -1.94. The summed E-state index contributed by atoms with van der Waals surface area (Å²) in [6, 6.07) is -4.81. The van der Waals surface area contributed by atoms with E-state index in [2.05, 4.69) is 99.7 Å². The van der Waals surface area contributed by atoms with Crippen molar-refractivity contribution in [3.05, 3.63) is 89.5 Å². The Hall–Kier alpha value is -11.4. The highest BCUT2D eigenvalue weighted by molar-refractivity contribution is 7.81. The van der Waals surface area contributed by atoms with Crippen molar-refractivity contribution in [3.8, 4) is 17.2 Å². The summed E-state index contributed by atoms with van der Waals surface area (Å²) >= 11 is 8.83. The van der Waals surface area contributed by atoms with Gasteiger partial charge in [-0.05, 0) is 158 Å². The maximum atomic E-state index is 14.5. The molecule has 0 aliphatic carbocycles. The second-order valence-corrected chi connectivity index (χ2v) is 29.9. The fourth-order valence-electron chi connectivity index (χ4n) is 11.4. The lowest BCUT2D eigenvalue weighted by molar-refractivity contribution is -0.142. The van der Waals surface area contributed by atoms with Crippen molar-refractivity contribution in [2.75, 3.05) is 38.5 Å². The number of hydrogen-bond donors (Lipinski definition) is 31. The number of carbonyl (C=O) groups excluding carboxylic acids is 13. The molecule has 0 aliphatic heterocycles. The average molecular weight is 1700 g/mol. The van der Waals surface area contributed by atoms with Crippen molar-refractivity contribution in [3.63, 3.8) is 0 Å². The van der Waals surface area contributed by atoms with Crippen LogP contribution >= 0.6 is 25.3 Å². The van der Waals surface area contributed by atoms with E-state index in [1.54, 1.807) is 0 Å². The lowest BCUT2D eigenvalue weighted by Crippen LogP contribution is -2.64. The molecule has 0 saturated carbocycles. The van der Waals surface area contributed by atoms with Gasteiger partial charge >= 0.3 is 5.97 Å². The van der Waals surface area contributed by atoms with Crippen molar-refractivity contribution >= 4 is 120 Å². The first-order valence-electron chi connectivity index (χ1n) is 37.7. The second kappa shape index (κ2) is 51.0. The van der Waals surface area contributed by atoms with Gasteiger partial charge < -0.3 is 145 Å². The maximum Gasteiger partial charge on any atom is 0.326 e. The highest BCUT2D eigenvalue weighted by atomic mass is 32.1. The Kier molecular flexibility index (Phi) is 43.6. The third kappa shape index (κ3) is 36.4. The highest BCUT2D eigenvalue weighted by Crippen LogP contribution is 2.21. The summed E-state index contributed by atoms with van der Waals surface area (Å²) in [4.78, 5) is 196. The summed E-state index contributed by atoms with van der Waals surface area (Å²) in [5.41, 5.74) is 41.2. The molecule has 15 atom stereocenters. The van der Waals surface area contributed by atoms with Crippen molar-refractivity contribution in [2.24, 2.45) is 40.1 Å². The number of carboxylic acids is 1. The first-order valence-corrected chi connectivity index (χ1v) is 38.8. The number of rotatable bonds is 53. The summed E-state index contributed by atoms with van der Waals surface area (Å²) in [6.07, 6.45) is -5.72. The Morgan fingerprint density at radius 1 is 0.398 bits per heavy atom. The second-order valence-electron chi connectivity index (χ2n) is 28.4.